The predicted molar refractivity (Wildman–Crippen MR) is 60.2 cm³/mol. The van der Waals surface area contributed by atoms with Crippen LogP contribution in [0.15, 0.2) is 12.1 Å². The molecule has 0 aliphatic rings. The molecule has 0 atom stereocenters. The summed E-state index contributed by atoms with van der Waals surface area (Å²) in [6.45, 7) is 1.97. The van der Waals surface area contributed by atoms with Crippen LogP contribution < -0.4 is 10.4 Å². The van der Waals surface area contributed by atoms with E-state index in [2.05, 4.69) is 6.07 Å². The summed E-state index contributed by atoms with van der Waals surface area (Å²) in [5.41, 5.74) is 3.86. The monoisotopic (exact) mass is 184 g/mol. The van der Waals surface area contributed by atoms with E-state index in [0.29, 0.717) is 6.42 Å². The van der Waals surface area contributed by atoms with Crippen LogP contribution in [0.2, 0.25) is 0 Å². The van der Waals surface area contributed by atoms with Gasteiger partial charge in [0.05, 0.1) is 12.5 Å². The molecule has 0 N–H and O–H groups in total. The SMILES string of the molecule is [B]c1cc(C)c(CC#N)cc1N(C)C. The van der Waals surface area contributed by atoms with Gasteiger partial charge in [0.1, 0.15) is 7.85 Å². The zero-order valence-electron chi connectivity index (χ0n) is 8.83. The van der Waals surface area contributed by atoms with E-state index < -0.39 is 0 Å². The summed E-state index contributed by atoms with van der Waals surface area (Å²) in [5, 5.41) is 8.65. The lowest BCUT2D eigenvalue weighted by molar-refractivity contribution is 1.12. The molecule has 0 aliphatic heterocycles. The van der Waals surface area contributed by atoms with Crippen molar-refractivity contribution >= 4 is 19.0 Å². The van der Waals surface area contributed by atoms with Gasteiger partial charge in [-0.1, -0.05) is 11.5 Å². The Morgan fingerprint density at radius 2 is 2.07 bits per heavy atom. The molecular weight excluding hydrogens is 171 g/mol. The number of nitrogens with zero attached hydrogens (tertiary/aromatic N) is 2. The molecule has 0 heterocycles. The maximum absolute atomic E-state index is 8.65. The van der Waals surface area contributed by atoms with Crippen LogP contribution in [0.25, 0.3) is 0 Å². The average molecular weight is 184 g/mol. The second-order valence-corrected chi connectivity index (χ2v) is 3.57. The standard InChI is InChI=1S/C11H13BN2/c1-8-6-10(12)11(14(2)3)7-9(8)4-5-13/h6-7H,4H2,1-3H3. The molecule has 2 nitrogen and oxygen atoms in total. The molecule has 3 heteroatoms. The number of rotatable bonds is 2. The highest BCUT2D eigenvalue weighted by Crippen LogP contribution is 2.15. The zero-order chi connectivity index (χ0) is 10.7. The van der Waals surface area contributed by atoms with Crippen molar-refractivity contribution in [2.45, 2.75) is 13.3 Å². The molecule has 0 unspecified atom stereocenters. The first-order valence-corrected chi connectivity index (χ1v) is 4.49. The van der Waals surface area contributed by atoms with Crippen molar-refractivity contribution < 1.29 is 0 Å². The normalized spacial score (nSPS) is 9.57. The minimum atomic E-state index is 0.437. The van der Waals surface area contributed by atoms with Crippen molar-refractivity contribution in [1.29, 1.82) is 5.26 Å². The number of anilines is 1. The third-order valence-electron chi connectivity index (χ3n) is 2.24. The molecule has 0 saturated carbocycles. The van der Waals surface area contributed by atoms with Gasteiger partial charge in [0.25, 0.3) is 0 Å². The Balaban J connectivity index is 3.21. The first-order valence-electron chi connectivity index (χ1n) is 4.49. The van der Waals surface area contributed by atoms with Crippen LogP contribution in [0, 0.1) is 18.3 Å². The lowest BCUT2D eigenvalue weighted by atomic mass is 9.89. The Labute approximate surface area is 86.6 Å². The van der Waals surface area contributed by atoms with Crippen molar-refractivity contribution in [3.63, 3.8) is 0 Å². The van der Waals surface area contributed by atoms with E-state index >= 15 is 0 Å². The Morgan fingerprint density at radius 3 is 2.57 bits per heavy atom. The van der Waals surface area contributed by atoms with E-state index in [4.69, 9.17) is 13.1 Å². The van der Waals surface area contributed by atoms with Crippen LogP contribution in [-0.2, 0) is 6.42 Å². The van der Waals surface area contributed by atoms with Gasteiger partial charge in [0.2, 0.25) is 0 Å². The summed E-state index contributed by atoms with van der Waals surface area (Å²) < 4.78 is 0. The van der Waals surface area contributed by atoms with E-state index in [0.717, 1.165) is 22.3 Å². The van der Waals surface area contributed by atoms with Gasteiger partial charge in [-0.05, 0) is 24.1 Å². The maximum Gasteiger partial charge on any atom is 0.116 e. The maximum atomic E-state index is 8.65. The number of hydrogen-bond donors (Lipinski definition) is 0. The molecule has 70 valence electrons. The Kier molecular flexibility index (Phi) is 3.19. The van der Waals surface area contributed by atoms with Gasteiger partial charge in [-0.2, -0.15) is 5.26 Å². The molecule has 0 spiro atoms. The predicted octanol–water partition coefficient (Wildman–Crippen LogP) is 0.921. The smallest absolute Gasteiger partial charge is 0.116 e. The van der Waals surface area contributed by atoms with Crippen molar-refractivity contribution in [1.82, 2.24) is 0 Å². The van der Waals surface area contributed by atoms with E-state index in [1.165, 1.54) is 0 Å². The van der Waals surface area contributed by atoms with Crippen molar-refractivity contribution in [3.8, 4) is 6.07 Å². The first kappa shape index (κ1) is 10.7. The Hall–Kier alpha value is -1.43. The van der Waals surface area contributed by atoms with Crippen molar-refractivity contribution in [2.75, 3.05) is 19.0 Å². The lowest BCUT2D eigenvalue weighted by Gasteiger charge is -2.18. The van der Waals surface area contributed by atoms with Crippen LogP contribution in [0.4, 0.5) is 5.69 Å². The third kappa shape index (κ3) is 2.08. The largest absolute Gasteiger partial charge is 0.378 e. The fourth-order valence-electron chi connectivity index (χ4n) is 1.43. The lowest BCUT2D eigenvalue weighted by Crippen LogP contribution is -2.20. The number of aryl methyl sites for hydroxylation is 1. The quantitative estimate of drug-likeness (QED) is 0.639. The van der Waals surface area contributed by atoms with Crippen LogP contribution in [0.1, 0.15) is 11.1 Å². The van der Waals surface area contributed by atoms with Crippen molar-refractivity contribution in [2.24, 2.45) is 0 Å². The molecule has 1 aromatic carbocycles. The molecule has 1 rings (SSSR count). The van der Waals surface area contributed by atoms with Gasteiger partial charge in [-0.3, -0.25) is 0 Å². The number of hydrogen-bond acceptors (Lipinski definition) is 2. The van der Waals surface area contributed by atoms with E-state index in [-0.39, 0.29) is 0 Å². The van der Waals surface area contributed by atoms with Gasteiger partial charge < -0.3 is 4.90 Å². The molecule has 0 fully saturated rings. The van der Waals surface area contributed by atoms with Crippen LogP contribution in [-0.4, -0.2) is 21.9 Å². The minimum absolute atomic E-state index is 0.437. The second kappa shape index (κ2) is 4.19. The van der Waals surface area contributed by atoms with E-state index in [1.54, 1.807) is 0 Å². The summed E-state index contributed by atoms with van der Waals surface area (Å²) in [6.07, 6.45) is 0.437. The van der Waals surface area contributed by atoms with Crippen molar-refractivity contribution in [3.05, 3.63) is 23.3 Å². The first-order chi connectivity index (χ1) is 6.56. The average Bonchev–Trinajstić information content (AvgIpc) is 2.09. The van der Waals surface area contributed by atoms with Gasteiger partial charge in [-0.25, -0.2) is 0 Å². The van der Waals surface area contributed by atoms with E-state index in [1.807, 2.05) is 38.1 Å². The summed E-state index contributed by atoms with van der Waals surface area (Å²) >= 11 is 0. The molecule has 2 radical (unpaired) electrons. The highest BCUT2D eigenvalue weighted by Gasteiger charge is 2.05. The topological polar surface area (TPSA) is 27.0 Å². The molecule has 0 aliphatic carbocycles. The molecular formula is C11H13BN2. The fourth-order valence-corrected chi connectivity index (χ4v) is 1.43. The summed E-state index contributed by atoms with van der Waals surface area (Å²) in [5.74, 6) is 0. The third-order valence-corrected chi connectivity index (χ3v) is 2.24. The highest BCUT2D eigenvalue weighted by atomic mass is 15.1. The molecule has 0 amide bonds. The highest BCUT2D eigenvalue weighted by molar-refractivity contribution is 6.36. The summed E-state index contributed by atoms with van der Waals surface area (Å²) in [7, 11) is 9.75. The van der Waals surface area contributed by atoms with Crippen LogP contribution in [0.5, 0.6) is 0 Å². The minimum Gasteiger partial charge on any atom is -0.378 e. The summed E-state index contributed by atoms with van der Waals surface area (Å²) in [4.78, 5) is 1.95. The second-order valence-electron chi connectivity index (χ2n) is 3.57. The van der Waals surface area contributed by atoms with Gasteiger partial charge in [0.15, 0.2) is 0 Å². The Morgan fingerprint density at radius 1 is 1.43 bits per heavy atom. The molecule has 0 saturated heterocycles. The van der Waals surface area contributed by atoms with Crippen LogP contribution in [0.3, 0.4) is 0 Å². The molecule has 14 heavy (non-hydrogen) atoms. The van der Waals surface area contributed by atoms with Gasteiger partial charge in [0, 0.05) is 19.8 Å². The van der Waals surface area contributed by atoms with Gasteiger partial charge >= 0.3 is 0 Å². The fraction of sp³-hybridized carbons (Fsp3) is 0.364. The Bertz CT molecular complexity index is 378. The van der Waals surface area contributed by atoms with E-state index in [9.17, 15) is 0 Å². The molecule has 0 aromatic heterocycles. The van der Waals surface area contributed by atoms with Gasteiger partial charge in [-0.15, -0.1) is 0 Å². The number of nitriles is 1. The molecule has 1 aromatic rings. The number of benzene rings is 1. The molecule has 0 bridgehead atoms. The summed E-state index contributed by atoms with van der Waals surface area (Å²) in [6, 6.07) is 6.05. The van der Waals surface area contributed by atoms with Crippen LogP contribution >= 0.6 is 0 Å². The zero-order valence-corrected chi connectivity index (χ0v) is 8.83.